The minimum absolute atomic E-state index is 0.0983. The van der Waals surface area contributed by atoms with E-state index in [0.29, 0.717) is 65.2 Å². The number of nitrogen functional groups attached to an aromatic ring is 1. The molecule has 8 aromatic rings. The summed E-state index contributed by atoms with van der Waals surface area (Å²) >= 11 is 9.53. The zero-order valence-corrected chi connectivity index (χ0v) is 57.5. The van der Waals surface area contributed by atoms with Crippen LogP contribution in [0.5, 0.6) is 0 Å². The molecule has 25 nitrogen and oxygen atoms in total. The summed E-state index contributed by atoms with van der Waals surface area (Å²) in [6, 6.07) is 27.4. The molecule has 3 aliphatic rings. The van der Waals surface area contributed by atoms with Gasteiger partial charge < -0.3 is 41.0 Å². The van der Waals surface area contributed by atoms with E-state index in [4.69, 9.17) is 66.6 Å². The Labute approximate surface area is 576 Å². The average molecular weight is 1360 g/mol. The number of piperidine rings is 3. The molecule has 3 aliphatic heterocycles. The number of likely N-dealkylation sites (tertiary alicyclic amines) is 2. The number of amides is 2. The van der Waals surface area contributed by atoms with Crippen molar-refractivity contribution in [1.29, 1.82) is 16.2 Å². The number of pyridine rings is 3. The molecule has 5 aromatic heterocycles. The first-order chi connectivity index (χ1) is 46.6. The number of hydrogen-bond acceptors (Lipinski definition) is 19. The number of halogens is 2. The Hall–Kier alpha value is -10.3. The number of hydrogen-bond donors (Lipinski definition) is 7. The highest BCUT2D eigenvalue weighted by molar-refractivity contribution is 6.40. The van der Waals surface area contributed by atoms with Crippen molar-refractivity contribution in [3.05, 3.63) is 196 Å². The van der Waals surface area contributed by atoms with Crippen LogP contribution in [0.2, 0.25) is 0 Å². The molecule has 0 aliphatic carbocycles. The van der Waals surface area contributed by atoms with E-state index in [9.17, 15) is 9.59 Å². The van der Waals surface area contributed by atoms with Gasteiger partial charge in [0.25, 0.3) is 0 Å². The first-order valence-corrected chi connectivity index (χ1v) is 32.8. The highest BCUT2D eigenvalue weighted by Crippen LogP contribution is 2.30. The summed E-state index contributed by atoms with van der Waals surface area (Å²) < 4.78 is 14.3. The third-order valence-electron chi connectivity index (χ3n) is 15.5. The van der Waals surface area contributed by atoms with Gasteiger partial charge in [-0.15, -0.1) is 45.7 Å². The molecule has 0 saturated carbocycles. The number of rotatable bonds is 13. The van der Waals surface area contributed by atoms with Gasteiger partial charge in [0.15, 0.2) is 0 Å². The standard InChI is InChI=1S/C25H31N7O2.C19H21N7.C13H12N6.C12H19NO2.CH2Cl2/c1-25(2,3)34-24(33)31-13-5-6-18(15-31)22-16-32(30-29-22)19-7-8-21(27-4)20(14-19)23(26)17-9-11-28-12-10-17;20-17-4-3-15(10-16(17)19(21)13-5-8-22-9-6-13)26-12-18(24-25-26)14-2-1-7-23-11-14;1-16-12-3-2-10(18-19-15)8-11(12)13(14)9-4-6-17-7-5-9;1-5-10-7-6-8-13(9-10)11(14)15-12(2,3)4;2-1-3/h7-12,14,16,18,26-27H,5-6,13,15H2,1-4H3;3-6,8-10,12,14,21,23H,1-2,7,11,20H2;2-8,14,16H,1H3;1,10H,6-9H2,2-4H3;1H2/t18-;14-;;10-;/m11.1./s1. The van der Waals surface area contributed by atoms with E-state index in [1.165, 1.54) is 0 Å². The summed E-state index contributed by atoms with van der Waals surface area (Å²) in [6.45, 7) is 15.9. The Kier molecular flexibility index (Phi) is 27.5. The van der Waals surface area contributed by atoms with Crippen LogP contribution in [0.25, 0.3) is 21.8 Å². The summed E-state index contributed by atoms with van der Waals surface area (Å²) in [4.78, 5) is 42.4. The van der Waals surface area contributed by atoms with Crippen molar-refractivity contribution in [1.82, 2.24) is 60.1 Å². The van der Waals surface area contributed by atoms with E-state index >= 15 is 0 Å². The van der Waals surface area contributed by atoms with E-state index in [1.807, 2.05) is 110 Å². The normalized spacial score (nSPS) is 15.7. The van der Waals surface area contributed by atoms with Crippen molar-refractivity contribution in [3.63, 3.8) is 0 Å². The predicted octanol–water partition coefficient (Wildman–Crippen LogP) is 13.5. The number of carbonyl (C=O) groups excluding carboxylic acids is 2. The molecule has 2 amide bonds. The fraction of sp³-hybridized carbons (Fsp3) is 0.371. The summed E-state index contributed by atoms with van der Waals surface area (Å²) in [7, 11) is 3.62. The van der Waals surface area contributed by atoms with Crippen LogP contribution in [0.1, 0.15) is 137 Å². The Bertz CT molecular complexity index is 4010. The number of nitrogens with one attached hydrogen (secondary N) is 6. The van der Waals surface area contributed by atoms with E-state index in [1.54, 1.807) is 106 Å². The molecular weight excluding hydrogens is 1270 g/mol. The molecule has 3 saturated heterocycles. The van der Waals surface area contributed by atoms with Gasteiger partial charge in [-0.3, -0.25) is 31.2 Å². The number of carbonyl (C=O) groups is 2. The van der Waals surface area contributed by atoms with Gasteiger partial charge >= 0.3 is 12.2 Å². The number of alkyl halides is 2. The summed E-state index contributed by atoms with van der Waals surface area (Å²) in [5.41, 5.74) is 25.4. The largest absolute Gasteiger partial charge is 0.444 e. The number of nitrogens with zero attached hydrogens (tertiary/aromatic N) is 14. The van der Waals surface area contributed by atoms with Gasteiger partial charge in [-0.25, -0.2) is 19.0 Å². The first-order valence-electron chi connectivity index (χ1n) is 31.7. The number of azide groups is 1. The van der Waals surface area contributed by atoms with Crippen molar-refractivity contribution < 1.29 is 19.1 Å². The maximum Gasteiger partial charge on any atom is 0.410 e. The van der Waals surface area contributed by atoms with Crippen LogP contribution in [0, 0.1) is 34.5 Å². The summed E-state index contributed by atoms with van der Waals surface area (Å²) in [5.74, 6) is 3.39. The lowest BCUT2D eigenvalue weighted by atomic mass is 9.95. The van der Waals surface area contributed by atoms with Crippen LogP contribution >= 0.6 is 23.2 Å². The van der Waals surface area contributed by atoms with Crippen LogP contribution in [0.4, 0.5) is 32.3 Å². The second kappa shape index (κ2) is 36.0. The first kappa shape index (κ1) is 74.1. The van der Waals surface area contributed by atoms with Crippen LogP contribution in [-0.4, -0.2) is 154 Å². The minimum Gasteiger partial charge on any atom is -0.444 e. The Morgan fingerprint density at radius 1 is 0.660 bits per heavy atom. The molecule has 0 radical (unpaired) electrons. The quantitative estimate of drug-likeness (QED) is 0.0107. The Balaban J connectivity index is 0.000000188. The predicted molar refractivity (Wildman–Crippen MR) is 383 cm³/mol. The number of benzene rings is 3. The van der Waals surface area contributed by atoms with Gasteiger partial charge in [-0.2, -0.15) is 0 Å². The lowest BCUT2D eigenvalue weighted by Crippen LogP contribution is -2.42. The zero-order valence-electron chi connectivity index (χ0n) is 56.0. The van der Waals surface area contributed by atoms with Gasteiger partial charge in [0.1, 0.15) is 11.2 Å². The fourth-order valence-corrected chi connectivity index (χ4v) is 10.7. The van der Waals surface area contributed by atoms with Crippen LogP contribution < -0.4 is 21.7 Å². The van der Waals surface area contributed by atoms with Gasteiger partial charge in [0, 0.05) is 163 Å². The SMILES string of the molecule is C#C[C@@H]1CCCN(C(=O)OC(C)(C)C)C1.CNc1ccc(-n2cc([C@@H]3CCCN(C(=O)OC(C)(C)C)C3)nn2)cc1C(=N)c1ccncc1.CNc1ccc(N=[N+]=[N-])cc1C(=N)c1ccncc1.ClCCl.N=C(c1ccncc1)c1cc(-n2cc([C@@H]3CCCNC3)nn2)ccc1N. The molecule has 0 unspecified atom stereocenters. The Morgan fingerprint density at radius 2 is 1.10 bits per heavy atom. The van der Waals surface area contributed by atoms with Crippen molar-refractivity contribution in [2.24, 2.45) is 11.0 Å². The molecule has 0 spiro atoms. The second-order valence-electron chi connectivity index (χ2n) is 24.8. The highest BCUT2D eigenvalue weighted by atomic mass is 35.5. The van der Waals surface area contributed by atoms with Gasteiger partial charge in [0.05, 0.1) is 57.6 Å². The zero-order chi connectivity index (χ0) is 70.1. The minimum atomic E-state index is -0.519. The molecular formula is C70H85Cl2N21O4. The summed E-state index contributed by atoms with van der Waals surface area (Å²) in [6.07, 6.45) is 24.8. The molecule has 8 N–H and O–H groups in total. The van der Waals surface area contributed by atoms with Crippen molar-refractivity contribution in [3.8, 4) is 23.7 Å². The number of anilines is 3. The molecule has 0 bridgehead atoms. The van der Waals surface area contributed by atoms with Crippen LogP contribution in [0.3, 0.4) is 0 Å². The number of terminal acetylenes is 1. The fourth-order valence-electron chi connectivity index (χ4n) is 10.7. The van der Waals surface area contributed by atoms with Gasteiger partial charge in [0.2, 0.25) is 0 Å². The molecule has 8 heterocycles. The number of ether oxygens (including phenoxy) is 2. The monoisotopic (exact) mass is 1350 g/mol. The lowest BCUT2D eigenvalue weighted by Gasteiger charge is -2.33. The lowest BCUT2D eigenvalue weighted by molar-refractivity contribution is 0.0183. The highest BCUT2D eigenvalue weighted by Gasteiger charge is 2.31. The maximum absolute atomic E-state index is 12.5. The van der Waals surface area contributed by atoms with Crippen LogP contribution in [-0.2, 0) is 9.47 Å². The van der Waals surface area contributed by atoms with E-state index in [-0.39, 0.29) is 29.4 Å². The number of aromatic nitrogens is 9. The van der Waals surface area contributed by atoms with Crippen molar-refractivity contribution in [2.75, 3.05) is 75.1 Å². The van der Waals surface area contributed by atoms with Crippen molar-refractivity contribution in [2.45, 2.75) is 103 Å². The molecule has 27 heteroatoms. The Morgan fingerprint density at radius 3 is 1.58 bits per heavy atom. The molecule has 97 heavy (non-hydrogen) atoms. The molecule has 3 atom stereocenters. The third-order valence-corrected chi connectivity index (χ3v) is 15.5. The van der Waals surface area contributed by atoms with Crippen LogP contribution in [0.15, 0.2) is 146 Å². The van der Waals surface area contributed by atoms with Gasteiger partial charge in [-0.1, -0.05) is 21.6 Å². The number of nitrogens with two attached hydrogens (primary N) is 1. The molecule has 508 valence electrons. The topological polar surface area (TPSA) is 342 Å². The smallest absolute Gasteiger partial charge is 0.410 e. The van der Waals surface area contributed by atoms with E-state index in [2.05, 4.69) is 67.5 Å². The molecule has 3 aromatic carbocycles. The molecule has 3 fully saturated rings. The average Bonchev–Trinajstić information content (AvgIpc) is 1.83. The summed E-state index contributed by atoms with van der Waals surface area (Å²) in [5, 5.41) is 56.2. The van der Waals surface area contributed by atoms with E-state index in [0.717, 1.165) is 115 Å². The second-order valence-corrected chi connectivity index (χ2v) is 25.6. The third kappa shape index (κ3) is 21.9. The van der Waals surface area contributed by atoms with Crippen molar-refractivity contribution >= 4 is 75.3 Å². The van der Waals surface area contributed by atoms with E-state index < -0.39 is 11.2 Å². The molecule has 11 rings (SSSR count). The van der Waals surface area contributed by atoms with Gasteiger partial charge in [-0.05, 0) is 177 Å². The maximum atomic E-state index is 12.5.